The van der Waals surface area contributed by atoms with Crippen molar-refractivity contribution in [1.29, 1.82) is 0 Å². The van der Waals surface area contributed by atoms with Crippen molar-refractivity contribution in [2.24, 2.45) is 5.14 Å². The third-order valence-electron chi connectivity index (χ3n) is 3.38. The minimum atomic E-state index is -3.84. The predicted molar refractivity (Wildman–Crippen MR) is 86.1 cm³/mol. The first-order valence-electron chi connectivity index (χ1n) is 6.58. The fourth-order valence-corrected chi connectivity index (χ4v) is 2.93. The monoisotopic (exact) mass is 305 g/mol. The smallest absolute Gasteiger partial charge is 0.240 e. The molecule has 0 aliphatic heterocycles. The zero-order valence-corrected chi connectivity index (χ0v) is 12.9. The molecule has 2 rings (SSSR count). The first-order valence-corrected chi connectivity index (χ1v) is 8.12. The van der Waals surface area contributed by atoms with E-state index in [1.807, 2.05) is 24.3 Å². The molecule has 2 aromatic rings. The molecule has 0 amide bonds. The molecule has 0 saturated carbocycles. The Morgan fingerprint density at radius 1 is 1.10 bits per heavy atom. The Kier molecular flexibility index (Phi) is 4.20. The first kappa shape index (κ1) is 15.3. The molecule has 21 heavy (non-hydrogen) atoms. The van der Waals surface area contributed by atoms with Gasteiger partial charge in [0.15, 0.2) is 0 Å². The van der Waals surface area contributed by atoms with Crippen molar-refractivity contribution in [3.05, 3.63) is 48.0 Å². The number of anilines is 3. The summed E-state index contributed by atoms with van der Waals surface area (Å²) in [5, 5.41) is 5.28. The second-order valence-corrected chi connectivity index (χ2v) is 6.38. The van der Waals surface area contributed by atoms with Crippen LogP contribution in [0.4, 0.5) is 17.1 Å². The second-order valence-electron chi connectivity index (χ2n) is 4.85. The van der Waals surface area contributed by atoms with Crippen molar-refractivity contribution in [1.82, 2.24) is 0 Å². The van der Waals surface area contributed by atoms with Crippen molar-refractivity contribution < 1.29 is 8.42 Å². The SMILES string of the molecule is CCc1ccc(N(C)c2ccc(N)cc2S(N)(=O)=O)cc1. The first-order chi connectivity index (χ1) is 9.82. The fraction of sp³-hybridized carbons (Fsp3) is 0.200. The average molecular weight is 305 g/mol. The van der Waals surface area contributed by atoms with Gasteiger partial charge in [0.1, 0.15) is 4.90 Å². The van der Waals surface area contributed by atoms with E-state index in [0.29, 0.717) is 11.4 Å². The van der Waals surface area contributed by atoms with Crippen molar-refractivity contribution in [2.75, 3.05) is 17.7 Å². The van der Waals surface area contributed by atoms with Crippen LogP contribution in [0.3, 0.4) is 0 Å². The quantitative estimate of drug-likeness (QED) is 0.848. The standard InChI is InChI=1S/C15H19N3O2S/c1-3-11-4-7-13(8-5-11)18(2)14-9-6-12(16)10-15(14)21(17,19)20/h4-10H,3,16H2,1-2H3,(H2,17,19,20). The molecule has 0 fully saturated rings. The lowest BCUT2D eigenvalue weighted by molar-refractivity contribution is 0.598. The molecular formula is C15H19N3O2S. The molecule has 0 bridgehead atoms. The Morgan fingerprint density at radius 2 is 1.71 bits per heavy atom. The van der Waals surface area contributed by atoms with Crippen LogP contribution in [-0.4, -0.2) is 15.5 Å². The number of primary sulfonamides is 1. The maximum atomic E-state index is 11.7. The highest BCUT2D eigenvalue weighted by Gasteiger charge is 2.18. The highest BCUT2D eigenvalue weighted by atomic mass is 32.2. The molecule has 0 saturated heterocycles. The van der Waals surface area contributed by atoms with Gasteiger partial charge in [-0.25, -0.2) is 13.6 Å². The van der Waals surface area contributed by atoms with Gasteiger partial charge in [-0.1, -0.05) is 19.1 Å². The highest BCUT2D eigenvalue weighted by Crippen LogP contribution is 2.31. The number of sulfonamides is 1. The van der Waals surface area contributed by atoms with Crippen LogP contribution in [-0.2, 0) is 16.4 Å². The summed E-state index contributed by atoms with van der Waals surface area (Å²) in [7, 11) is -2.05. The summed E-state index contributed by atoms with van der Waals surface area (Å²) in [5.41, 5.74) is 8.61. The van der Waals surface area contributed by atoms with Gasteiger partial charge in [0.2, 0.25) is 10.0 Å². The minimum absolute atomic E-state index is 0.0181. The van der Waals surface area contributed by atoms with E-state index in [1.54, 1.807) is 24.1 Å². The zero-order chi connectivity index (χ0) is 15.6. The Hall–Kier alpha value is -2.05. The van der Waals surface area contributed by atoms with Crippen LogP contribution in [0.5, 0.6) is 0 Å². The molecule has 6 heteroatoms. The molecule has 0 aromatic heterocycles. The van der Waals surface area contributed by atoms with Gasteiger partial charge in [-0.05, 0) is 42.3 Å². The van der Waals surface area contributed by atoms with Crippen molar-refractivity contribution >= 4 is 27.1 Å². The van der Waals surface area contributed by atoms with Gasteiger partial charge < -0.3 is 10.6 Å². The Balaban J connectivity index is 2.50. The van der Waals surface area contributed by atoms with Gasteiger partial charge in [0.05, 0.1) is 5.69 Å². The van der Waals surface area contributed by atoms with Crippen LogP contribution >= 0.6 is 0 Å². The maximum absolute atomic E-state index is 11.7. The Morgan fingerprint density at radius 3 is 2.24 bits per heavy atom. The number of hydrogen-bond acceptors (Lipinski definition) is 4. The average Bonchev–Trinajstić information content (AvgIpc) is 2.45. The molecule has 0 radical (unpaired) electrons. The van der Waals surface area contributed by atoms with Crippen molar-refractivity contribution in [2.45, 2.75) is 18.2 Å². The summed E-state index contributed by atoms with van der Waals surface area (Å²) >= 11 is 0. The summed E-state index contributed by atoms with van der Waals surface area (Å²) in [5.74, 6) is 0. The van der Waals surface area contributed by atoms with Crippen molar-refractivity contribution in [3.8, 4) is 0 Å². The molecule has 2 aromatic carbocycles. The highest BCUT2D eigenvalue weighted by molar-refractivity contribution is 7.89. The summed E-state index contributed by atoms with van der Waals surface area (Å²) in [6, 6.07) is 12.6. The van der Waals surface area contributed by atoms with E-state index >= 15 is 0 Å². The van der Waals surface area contributed by atoms with Gasteiger partial charge in [-0.2, -0.15) is 0 Å². The third kappa shape index (κ3) is 3.34. The van der Waals surface area contributed by atoms with Crippen LogP contribution in [0.1, 0.15) is 12.5 Å². The molecule has 112 valence electrons. The van der Waals surface area contributed by atoms with Crippen LogP contribution < -0.4 is 15.8 Å². The van der Waals surface area contributed by atoms with Gasteiger partial charge >= 0.3 is 0 Å². The lowest BCUT2D eigenvalue weighted by Gasteiger charge is -2.22. The minimum Gasteiger partial charge on any atom is -0.399 e. The van der Waals surface area contributed by atoms with E-state index in [9.17, 15) is 8.42 Å². The van der Waals surface area contributed by atoms with E-state index in [1.165, 1.54) is 11.6 Å². The molecule has 0 atom stereocenters. The summed E-state index contributed by atoms with van der Waals surface area (Å²) in [6.07, 6.45) is 0.953. The topological polar surface area (TPSA) is 89.4 Å². The molecule has 0 heterocycles. The van der Waals surface area contributed by atoms with Gasteiger partial charge in [0.25, 0.3) is 0 Å². The Labute approximate surface area is 125 Å². The number of rotatable bonds is 4. The maximum Gasteiger partial charge on any atom is 0.240 e. The molecule has 0 aliphatic carbocycles. The van der Waals surface area contributed by atoms with Crippen LogP contribution in [0, 0.1) is 0 Å². The largest absolute Gasteiger partial charge is 0.399 e. The third-order valence-corrected chi connectivity index (χ3v) is 4.32. The van der Waals surface area contributed by atoms with Gasteiger partial charge in [-0.15, -0.1) is 0 Å². The number of aryl methyl sites for hydroxylation is 1. The van der Waals surface area contributed by atoms with Crippen LogP contribution in [0.25, 0.3) is 0 Å². The molecule has 0 aliphatic rings. The number of nitrogens with zero attached hydrogens (tertiary/aromatic N) is 1. The van der Waals surface area contributed by atoms with E-state index in [4.69, 9.17) is 10.9 Å². The van der Waals surface area contributed by atoms with Crippen molar-refractivity contribution in [3.63, 3.8) is 0 Å². The van der Waals surface area contributed by atoms with E-state index in [0.717, 1.165) is 12.1 Å². The van der Waals surface area contributed by atoms with Crippen LogP contribution in [0.15, 0.2) is 47.4 Å². The second kappa shape index (κ2) is 5.75. The normalized spacial score (nSPS) is 11.4. The summed E-state index contributed by atoms with van der Waals surface area (Å²) in [6.45, 7) is 2.08. The lowest BCUT2D eigenvalue weighted by Crippen LogP contribution is -2.19. The van der Waals surface area contributed by atoms with E-state index in [2.05, 4.69) is 6.92 Å². The number of hydrogen-bond donors (Lipinski definition) is 2. The Bertz CT molecular complexity index is 740. The zero-order valence-electron chi connectivity index (χ0n) is 12.1. The lowest BCUT2D eigenvalue weighted by atomic mass is 10.1. The van der Waals surface area contributed by atoms with E-state index < -0.39 is 10.0 Å². The fourth-order valence-electron chi connectivity index (χ4n) is 2.13. The molecule has 0 unspecified atom stereocenters. The molecule has 0 spiro atoms. The van der Waals surface area contributed by atoms with Gasteiger partial charge in [0, 0.05) is 18.4 Å². The van der Waals surface area contributed by atoms with Gasteiger partial charge in [-0.3, -0.25) is 0 Å². The summed E-state index contributed by atoms with van der Waals surface area (Å²) in [4.78, 5) is 1.79. The number of nitrogen functional groups attached to an aromatic ring is 1. The van der Waals surface area contributed by atoms with Crippen LogP contribution in [0.2, 0.25) is 0 Å². The molecule has 5 nitrogen and oxygen atoms in total. The number of nitrogens with two attached hydrogens (primary N) is 2. The van der Waals surface area contributed by atoms with E-state index in [-0.39, 0.29) is 4.90 Å². The number of benzene rings is 2. The predicted octanol–water partition coefficient (Wildman–Crippen LogP) is 2.25. The summed E-state index contributed by atoms with van der Waals surface area (Å²) < 4.78 is 23.5. The molecular weight excluding hydrogens is 286 g/mol. The molecule has 4 N–H and O–H groups in total.